The van der Waals surface area contributed by atoms with Crippen LogP contribution in [0.5, 0.6) is 0 Å². The zero-order chi connectivity index (χ0) is 21.0. The van der Waals surface area contributed by atoms with Crippen LogP contribution < -0.4 is 0 Å². The van der Waals surface area contributed by atoms with Crippen LogP contribution in [0, 0.1) is 5.89 Å². The molecule has 0 saturated carbocycles. The predicted molar refractivity (Wildman–Crippen MR) is 86.1 cm³/mol. The zero-order valence-electron chi connectivity index (χ0n) is 19.4. The number of amides is 1. The summed E-state index contributed by atoms with van der Waals surface area (Å²) in [5.74, 6) is -2.40. The SMILES string of the molecule is [2H]C1([2H])[C@@H](N2C[C@H]3CCCc4cccc(c43)C2=O)[C@]2([2H])CCN1C([2H])([2H])C2([2H])[2H]. The van der Waals surface area contributed by atoms with Crippen molar-refractivity contribution in [2.45, 2.75) is 44.0 Å². The average molecular weight is 303 g/mol. The smallest absolute Gasteiger partial charge is 0.254 e. The first-order chi connectivity index (χ1) is 13.4. The fourth-order valence-electron chi connectivity index (χ4n) is 4.34. The van der Waals surface area contributed by atoms with Gasteiger partial charge in [0, 0.05) is 40.2 Å². The number of fused-ring (bicyclic) bond motifs is 3. The van der Waals surface area contributed by atoms with E-state index in [4.69, 9.17) is 9.60 Å². The fraction of sp³-hybridized carbons (Fsp3) is 0.632. The van der Waals surface area contributed by atoms with Gasteiger partial charge in [-0.1, -0.05) is 12.1 Å². The normalized spacial score (nSPS) is 51.3. The maximum atomic E-state index is 13.5. The highest BCUT2D eigenvalue weighted by atomic mass is 16.2. The van der Waals surface area contributed by atoms with Crippen molar-refractivity contribution in [2.75, 3.05) is 26.1 Å². The second-order valence-electron chi connectivity index (χ2n) is 6.62. The summed E-state index contributed by atoms with van der Waals surface area (Å²) in [5.41, 5.74) is 2.70. The lowest BCUT2D eigenvalue weighted by Gasteiger charge is -2.51. The minimum atomic E-state index is -2.62. The molecule has 0 aromatic heterocycles. The molecule has 1 amide bonds. The Morgan fingerprint density at radius 3 is 3.23 bits per heavy atom. The number of hydrogen-bond acceptors (Lipinski definition) is 2. The Kier molecular flexibility index (Phi) is 1.74. The van der Waals surface area contributed by atoms with Crippen molar-refractivity contribution in [3.8, 4) is 0 Å². The summed E-state index contributed by atoms with van der Waals surface area (Å²) in [5, 5.41) is 0. The molecule has 1 aromatic rings. The van der Waals surface area contributed by atoms with Gasteiger partial charge in [0.1, 0.15) is 0 Å². The van der Waals surface area contributed by atoms with Gasteiger partial charge in [-0.2, -0.15) is 0 Å². The number of rotatable bonds is 1. The molecule has 1 unspecified atom stereocenters. The van der Waals surface area contributed by atoms with Gasteiger partial charge in [0.25, 0.3) is 5.91 Å². The van der Waals surface area contributed by atoms with Gasteiger partial charge < -0.3 is 9.80 Å². The Labute approximate surface area is 142 Å². The molecule has 22 heavy (non-hydrogen) atoms. The van der Waals surface area contributed by atoms with Crippen molar-refractivity contribution in [3.63, 3.8) is 0 Å². The molecule has 3 heteroatoms. The van der Waals surface area contributed by atoms with Gasteiger partial charge in [-0.25, -0.2) is 0 Å². The number of piperidine rings is 3. The maximum Gasteiger partial charge on any atom is 0.254 e. The van der Waals surface area contributed by atoms with Crippen molar-refractivity contribution >= 4 is 5.91 Å². The van der Waals surface area contributed by atoms with Crippen LogP contribution in [0.2, 0.25) is 0 Å². The van der Waals surface area contributed by atoms with E-state index in [9.17, 15) is 4.79 Å². The van der Waals surface area contributed by atoms with Crippen LogP contribution >= 0.6 is 0 Å². The highest BCUT2D eigenvalue weighted by Crippen LogP contribution is 2.41. The van der Waals surface area contributed by atoms with Crippen LogP contribution in [0.15, 0.2) is 18.2 Å². The van der Waals surface area contributed by atoms with E-state index >= 15 is 0 Å². The summed E-state index contributed by atoms with van der Waals surface area (Å²) in [4.78, 5) is 15.7. The van der Waals surface area contributed by atoms with Crippen LogP contribution in [0.1, 0.15) is 62.6 Å². The largest absolute Gasteiger partial charge is 0.333 e. The Hall–Kier alpha value is -1.35. The maximum absolute atomic E-state index is 13.5. The van der Waals surface area contributed by atoms with E-state index in [0.29, 0.717) is 5.56 Å². The molecule has 3 saturated heterocycles. The number of carbonyl (C=O) groups is 1. The van der Waals surface area contributed by atoms with Gasteiger partial charge in [0.2, 0.25) is 0 Å². The van der Waals surface area contributed by atoms with Gasteiger partial charge in [-0.15, -0.1) is 0 Å². The third kappa shape index (κ3) is 1.81. The lowest BCUT2D eigenvalue weighted by molar-refractivity contribution is 0.00258. The third-order valence-electron chi connectivity index (χ3n) is 5.39. The van der Waals surface area contributed by atoms with Crippen LogP contribution in [0.4, 0.5) is 0 Å². The molecule has 2 bridgehead atoms. The van der Waals surface area contributed by atoms with E-state index in [1.54, 1.807) is 6.07 Å². The number of nitrogens with zero attached hydrogens (tertiary/aromatic N) is 2. The van der Waals surface area contributed by atoms with Crippen LogP contribution in [0.3, 0.4) is 0 Å². The minimum absolute atomic E-state index is 0.0228. The predicted octanol–water partition coefficient (Wildman–Crippen LogP) is 2.66. The second kappa shape index (κ2) is 4.82. The van der Waals surface area contributed by atoms with Crippen LogP contribution in [0.25, 0.3) is 0 Å². The Bertz CT molecular complexity index is 905. The molecule has 0 radical (unpaired) electrons. The van der Waals surface area contributed by atoms with Gasteiger partial charge in [-0.3, -0.25) is 4.79 Å². The summed E-state index contributed by atoms with van der Waals surface area (Å²) in [6.07, 6.45) is 0.110. The van der Waals surface area contributed by atoms with Crippen molar-refractivity contribution in [1.82, 2.24) is 9.80 Å². The molecular formula is C19H24N2O. The van der Waals surface area contributed by atoms with Crippen molar-refractivity contribution in [2.24, 2.45) is 5.89 Å². The lowest BCUT2D eigenvalue weighted by atomic mass is 9.75. The zero-order valence-corrected chi connectivity index (χ0v) is 12.4. The summed E-state index contributed by atoms with van der Waals surface area (Å²) < 4.78 is 59.7. The number of carbonyl (C=O) groups excluding carboxylic acids is 1. The molecule has 4 heterocycles. The fourth-order valence-corrected chi connectivity index (χ4v) is 4.34. The third-order valence-corrected chi connectivity index (χ3v) is 5.39. The first-order valence-corrected chi connectivity index (χ1v) is 8.15. The lowest BCUT2D eigenvalue weighted by Crippen LogP contribution is -2.60. The minimum Gasteiger partial charge on any atom is -0.333 e. The van der Waals surface area contributed by atoms with Crippen molar-refractivity contribution in [1.29, 1.82) is 0 Å². The van der Waals surface area contributed by atoms with E-state index in [1.807, 2.05) is 12.1 Å². The van der Waals surface area contributed by atoms with E-state index < -0.39 is 31.3 Å². The summed E-state index contributed by atoms with van der Waals surface area (Å²) in [6.45, 7) is -4.76. The van der Waals surface area contributed by atoms with Gasteiger partial charge >= 0.3 is 0 Å². The first-order valence-electron chi connectivity index (χ1n) is 11.6. The Morgan fingerprint density at radius 1 is 1.32 bits per heavy atom. The molecule has 116 valence electrons. The molecule has 0 spiro atoms. The molecule has 3 nitrogen and oxygen atoms in total. The van der Waals surface area contributed by atoms with E-state index in [1.165, 1.54) is 4.90 Å². The average Bonchev–Trinajstić information content (AvgIpc) is 2.63. The van der Waals surface area contributed by atoms with Crippen LogP contribution in [-0.2, 0) is 6.42 Å². The molecule has 4 aliphatic heterocycles. The molecule has 0 N–H and O–H groups in total. The molecule has 1 aromatic carbocycles. The van der Waals surface area contributed by atoms with E-state index in [-0.39, 0.29) is 31.3 Å². The van der Waals surface area contributed by atoms with Crippen LogP contribution in [-0.4, -0.2) is 47.8 Å². The highest BCUT2D eigenvalue weighted by Gasteiger charge is 2.43. The molecular weight excluding hydrogens is 272 g/mol. The van der Waals surface area contributed by atoms with E-state index in [0.717, 1.165) is 35.3 Å². The van der Waals surface area contributed by atoms with Crippen molar-refractivity contribution in [3.05, 3.63) is 34.9 Å². The summed E-state index contributed by atoms with van der Waals surface area (Å²) >= 11 is 0. The van der Waals surface area contributed by atoms with Gasteiger partial charge in [0.15, 0.2) is 0 Å². The van der Waals surface area contributed by atoms with Crippen molar-refractivity contribution < 1.29 is 14.4 Å². The number of aryl methyl sites for hydroxylation is 1. The molecule has 1 aliphatic carbocycles. The van der Waals surface area contributed by atoms with Gasteiger partial charge in [-0.05, 0) is 68.2 Å². The summed E-state index contributed by atoms with van der Waals surface area (Å²) in [6, 6.07) is 4.22. The monoisotopic (exact) mass is 303 g/mol. The van der Waals surface area contributed by atoms with E-state index in [2.05, 4.69) is 0 Å². The number of hydrogen-bond donors (Lipinski definition) is 0. The number of benzene rings is 1. The highest BCUT2D eigenvalue weighted by molar-refractivity contribution is 5.97. The first kappa shape index (κ1) is 7.96. The Morgan fingerprint density at radius 2 is 2.27 bits per heavy atom. The molecule has 4 atom stereocenters. The quantitative estimate of drug-likeness (QED) is 0.796. The molecule has 3 fully saturated rings. The Balaban J connectivity index is 1.65. The topological polar surface area (TPSA) is 23.6 Å². The summed E-state index contributed by atoms with van der Waals surface area (Å²) in [7, 11) is 0. The second-order valence-corrected chi connectivity index (χ2v) is 6.62. The standard InChI is InChI=1S/C19H24N2O/c22-19-16-6-2-4-14-3-1-5-15(18(14)16)11-21(19)17-12-20-9-7-13(17)8-10-20/h2,4,6,13,15,17H,1,3,5,7-12H2/t15-,17-/m1/s1/i7D2,9D2,12D2,13D/t13-,15+,17+/m0. The molecule has 5 aliphatic rings. The van der Waals surface area contributed by atoms with Gasteiger partial charge in [0.05, 0.1) is 0 Å². The molecule has 6 rings (SSSR count).